The molecule has 3 atom stereocenters. The summed E-state index contributed by atoms with van der Waals surface area (Å²) < 4.78 is 10.9. The normalized spacial score (nSPS) is 27.3. The first-order chi connectivity index (χ1) is 10.6. The van der Waals surface area contributed by atoms with Gasteiger partial charge >= 0.3 is 0 Å². The number of nitrogens with one attached hydrogen (secondary N) is 1. The van der Waals surface area contributed by atoms with E-state index in [-0.39, 0.29) is 23.5 Å². The fraction of sp³-hybridized carbons (Fsp3) is 0.765. The van der Waals surface area contributed by atoms with Crippen LogP contribution in [0.2, 0.25) is 0 Å². The molecule has 0 radical (unpaired) electrons. The van der Waals surface area contributed by atoms with Crippen LogP contribution < -0.4 is 11.1 Å². The summed E-state index contributed by atoms with van der Waals surface area (Å²) in [5, 5.41) is 6.99. The first-order valence-corrected chi connectivity index (χ1v) is 8.26. The molecule has 1 aromatic rings. The van der Waals surface area contributed by atoms with Crippen LogP contribution in [0.1, 0.15) is 51.1 Å². The first-order valence-electron chi connectivity index (χ1n) is 8.26. The largest absolute Gasteiger partial charge is 0.378 e. The first kappa shape index (κ1) is 17.9. The maximum atomic E-state index is 12.7. The van der Waals surface area contributed by atoms with Crippen LogP contribution >= 0.6 is 0 Å². The van der Waals surface area contributed by atoms with E-state index in [4.69, 9.17) is 15.0 Å². The van der Waals surface area contributed by atoms with Gasteiger partial charge < -0.3 is 20.3 Å². The van der Waals surface area contributed by atoms with E-state index < -0.39 is 5.54 Å². The summed E-state index contributed by atoms with van der Waals surface area (Å²) in [5.74, 6) is 0.684. The number of amides is 1. The van der Waals surface area contributed by atoms with Crippen molar-refractivity contribution >= 4 is 5.91 Å². The highest BCUT2D eigenvalue weighted by molar-refractivity contribution is 5.89. The molecule has 0 aliphatic heterocycles. The van der Waals surface area contributed by atoms with Gasteiger partial charge in [0.1, 0.15) is 11.3 Å². The average Bonchev–Trinajstić information content (AvgIpc) is 2.78. The Hall–Kier alpha value is -1.40. The molecular formula is C17H29N3O3. The number of carbonyl (C=O) groups is 1. The van der Waals surface area contributed by atoms with Gasteiger partial charge in [0.25, 0.3) is 0 Å². The molecule has 130 valence electrons. The number of nitrogens with zero attached hydrogens (tertiary/aromatic N) is 1. The number of rotatable bonds is 6. The van der Waals surface area contributed by atoms with Crippen LogP contribution in [0.25, 0.3) is 0 Å². The highest BCUT2D eigenvalue weighted by Crippen LogP contribution is 2.49. The number of ether oxygens (including phenoxy) is 1. The van der Waals surface area contributed by atoms with Gasteiger partial charge in [-0.15, -0.1) is 0 Å². The number of carbonyl (C=O) groups excluding carboxylic acids is 1. The van der Waals surface area contributed by atoms with Crippen LogP contribution in [0.15, 0.2) is 4.52 Å². The van der Waals surface area contributed by atoms with Gasteiger partial charge in [-0.1, -0.05) is 19.0 Å². The molecule has 0 saturated heterocycles. The summed E-state index contributed by atoms with van der Waals surface area (Å²) in [5.41, 5.74) is 7.05. The molecule has 1 aromatic heterocycles. The van der Waals surface area contributed by atoms with E-state index in [9.17, 15) is 4.79 Å². The Labute approximate surface area is 138 Å². The molecule has 1 aliphatic rings. The van der Waals surface area contributed by atoms with Gasteiger partial charge in [0.05, 0.1) is 11.8 Å². The third-order valence-corrected chi connectivity index (χ3v) is 5.30. The second-order valence-corrected chi connectivity index (χ2v) is 7.22. The van der Waals surface area contributed by atoms with Crippen LogP contribution in [0.4, 0.5) is 0 Å². The highest BCUT2D eigenvalue weighted by Gasteiger charge is 2.62. The zero-order chi connectivity index (χ0) is 17.4. The molecule has 6 heteroatoms. The Morgan fingerprint density at radius 3 is 2.65 bits per heavy atom. The SMILES string of the molecule is CCOC1CC(N)(C(=O)NC(C)Cc2c(C)noc2C)C1(C)C. The molecule has 1 aliphatic carbocycles. The Balaban J connectivity index is 1.99. The van der Waals surface area contributed by atoms with Crippen LogP contribution in [0.5, 0.6) is 0 Å². The maximum absolute atomic E-state index is 12.7. The fourth-order valence-electron chi connectivity index (χ4n) is 3.32. The van der Waals surface area contributed by atoms with Gasteiger partial charge in [-0.05, 0) is 34.1 Å². The number of hydrogen-bond acceptors (Lipinski definition) is 5. The summed E-state index contributed by atoms with van der Waals surface area (Å²) in [7, 11) is 0. The van der Waals surface area contributed by atoms with Gasteiger partial charge in [0, 0.05) is 30.0 Å². The number of nitrogens with two attached hydrogens (primary N) is 1. The summed E-state index contributed by atoms with van der Waals surface area (Å²) in [4.78, 5) is 12.7. The lowest BCUT2D eigenvalue weighted by atomic mass is 9.54. The molecule has 23 heavy (non-hydrogen) atoms. The topological polar surface area (TPSA) is 90.4 Å². The summed E-state index contributed by atoms with van der Waals surface area (Å²) in [6.45, 7) is 12.3. The second kappa shape index (κ2) is 6.24. The van der Waals surface area contributed by atoms with Crippen LogP contribution in [-0.4, -0.2) is 35.4 Å². The van der Waals surface area contributed by atoms with E-state index in [1.807, 2.05) is 41.5 Å². The van der Waals surface area contributed by atoms with Gasteiger partial charge in [-0.3, -0.25) is 4.79 Å². The molecule has 3 unspecified atom stereocenters. The molecule has 0 spiro atoms. The quantitative estimate of drug-likeness (QED) is 0.834. The minimum atomic E-state index is -0.889. The van der Waals surface area contributed by atoms with E-state index >= 15 is 0 Å². The lowest BCUT2D eigenvalue weighted by Gasteiger charge is -2.57. The standard InChI is InChI=1S/C17H29N3O3/c1-7-22-14-9-17(18,16(14,5)6)15(21)19-10(2)8-13-11(3)20-23-12(13)4/h10,14H,7-9,18H2,1-6H3,(H,19,21). The monoisotopic (exact) mass is 323 g/mol. The molecule has 1 saturated carbocycles. The van der Waals surface area contributed by atoms with Crippen LogP contribution in [0.3, 0.4) is 0 Å². The Morgan fingerprint density at radius 2 is 2.17 bits per heavy atom. The smallest absolute Gasteiger partial charge is 0.241 e. The molecule has 1 fully saturated rings. The van der Waals surface area contributed by atoms with Crippen molar-refractivity contribution in [1.29, 1.82) is 0 Å². The number of aromatic nitrogens is 1. The Kier molecular flexibility index (Phi) is 4.87. The van der Waals surface area contributed by atoms with E-state index in [2.05, 4.69) is 10.5 Å². The Morgan fingerprint density at radius 1 is 1.52 bits per heavy atom. The van der Waals surface area contributed by atoms with Crippen LogP contribution in [-0.2, 0) is 16.0 Å². The molecule has 2 rings (SSSR count). The minimum Gasteiger partial charge on any atom is -0.378 e. The molecule has 6 nitrogen and oxygen atoms in total. The fourth-order valence-corrected chi connectivity index (χ4v) is 3.32. The summed E-state index contributed by atoms with van der Waals surface area (Å²) in [6.07, 6.45) is 1.26. The average molecular weight is 323 g/mol. The minimum absolute atomic E-state index is 0.0288. The van der Waals surface area contributed by atoms with Gasteiger partial charge in [-0.25, -0.2) is 0 Å². The molecule has 1 amide bonds. The third-order valence-electron chi connectivity index (χ3n) is 5.30. The summed E-state index contributed by atoms with van der Waals surface area (Å²) >= 11 is 0. The van der Waals surface area contributed by atoms with Crippen molar-refractivity contribution in [1.82, 2.24) is 10.5 Å². The van der Waals surface area contributed by atoms with Crippen LogP contribution in [0, 0.1) is 19.3 Å². The van der Waals surface area contributed by atoms with Gasteiger partial charge in [0.15, 0.2) is 0 Å². The lowest BCUT2D eigenvalue weighted by molar-refractivity contribution is -0.171. The number of aryl methyl sites for hydroxylation is 2. The van der Waals surface area contributed by atoms with Crippen molar-refractivity contribution < 1.29 is 14.1 Å². The van der Waals surface area contributed by atoms with E-state index in [1.54, 1.807) is 0 Å². The zero-order valence-corrected chi connectivity index (χ0v) is 15.0. The van der Waals surface area contributed by atoms with Crippen molar-refractivity contribution in [2.24, 2.45) is 11.1 Å². The van der Waals surface area contributed by atoms with Crippen molar-refractivity contribution in [3.63, 3.8) is 0 Å². The van der Waals surface area contributed by atoms with E-state index in [1.165, 1.54) is 0 Å². The molecular weight excluding hydrogens is 294 g/mol. The maximum Gasteiger partial charge on any atom is 0.241 e. The Bertz CT molecular complexity index is 562. The predicted octanol–water partition coefficient (Wildman–Crippen LogP) is 1.87. The van der Waals surface area contributed by atoms with E-state index in [0.717, 1.165) is 17.0 Å². The molecule has 0 bridgehead atoms. The number of hydrogen-bond donors (Lipinski definition) is 2. The third kappa shape index (κ3) is 3.02. The van der Waals surface area contributed by atoms with Crippen molar-refractivity contribution in [2.45, 2.75) is 72.1 Å². The summed E-state index contributed by atoms with van der Waals surface area (Å²) in [6, 6.07) is -0.0401. The second-order valence-electron chi connectivity index (χ2n) is 7.22. The zero-order valence-electron chi connectivity index (χ0n) is 15.0. The van der Waals surface area contributed by atoms with Crippen molar-refractivity contribution in [3.8, 4) is 0 Å². The molecule has 0 aromatic carbocycles. The lowest BCUT2D eigenvalue weighted by Crippen LogP contribution is -2.76. The van der Waals surface area contributed by atoms with Crippen molar-refractivity contribution in [2.75, 3.05) is 6.61 Å². The highest BCUT2D eigenvalue weighted by atomic mass is 16.5. The van der Waals surface area contributed by atoms with Gasteiger partial charge in [-0.2, -0.15) is 0 Å². The van der Waals surface area contributed by atoms with Gasteiger partial charge in [0.2, 0.25) is 5.91 Å². The van der Waals surface area contributed by atoms with E-state index in [0.29, 0.717) is 19.4 Å². The molecule has 3 N–H and O–H groups in total. The predicted molar refractivity (Wildman–Crippen MR) is 88.0 cm³/mol. The molecule has 1 heterocycles. The van der Waals surface area contributed by atoms with Crippen molar-refractivity contribution in [3.05, 3.63) is 17.0 Å².